The Bertz CT molecular complexity index is 164. The molecular weight excluding hydrogens is 212 g/mol. The van der Waals surface area contributed by atoms with Gasteiger partial charge >= 0.3 is 0 Å². The van der Waals surface area contributed by atoms with Gasteiger partial charge in [0.25, 0.3) is 0 Å². The largest absolute Gasteiger partial charge is 0.395 e. The zero-order chi connectivity index (χ0) is 13.1. The molecule has 3 nitrogen and oxygen atoms in total. The molecule has 0 bridgehead atoms. The van der Waals surface area contributed by atoms with E-state index in [1.54, 1.807) is 0 Å². The Morgan fingerprint density at radius 2 is 1.71 bits per heavy atom. The van der Waals surface area contributed by atoms with E-state index >= 15 is 0 Å². The number of rotatable bonds is 11. The molecule has 0 unspecified atom stereocenters. The molecule has 0 aliphatic heterocycles. The van der Waals surface area contributed by atoms with Crippen LogP contribution in [0.5, 0.6) is 0 Å². The topological polar surface area (TPSA) is 35.5 Å². The van der Waals surface area contributed by atoms with Crippen LogP contribution in [-0.2, 0) is 0 Å². The van der Waals surface area contributed by atoms with E-state index in [-0.39, 0.29) is 6.61 Å². The average Bonchev–Trinajstić information content (AvgIpc) is 2.35. The van der Waals surface area contributed by atoms with Crippen LogP contribution in [0, 0.1) is 5.41 Å². The van der Waals surface area contributed by atoms with Crippen molar-refractivity contribution in [1.82, 2.24) is 10.2 Å². The molecule has 17 heavy (non-hydrogen) atoms. The van der Waals surface area contributed by atoms with Crippen molar-refractivity contribution in [2.24, 2.45) is 5.41 Å². The molecule has 0 aliphatic carbocycles. The molecule has 0 rings (SSSR count). The van der Waals surface area contributed by atoms with Crippen molar-refractivity contribution in [2.75, 3.05) is 39.3 Å². The Morgan fingerprint density at radius 3 is 2.12 bits per heavy atom. The van der Waals surface area contributed by atoms with Crippen LogP contribution >= 0.6 is 0 Å². The van der Waals surface area contributed by atoms with E-state index in [2.05, 4.69) is 37.9 Å². The van der Waals surface area contributed by atoms with E-state index in [1.807, 2.05) is 0 Å². The fourth-order valence-corrected chi connectivity index (χ4v) is 2.37. The fourth-order valence-electron chi connectivity index (χ4n) is 2.37. The first-order valence-corrected chi connectivity index (χ1v) is 7.21. The number of nitrogens with zero attached hydrogens (tertiary/aromatic N) is 1. The third-order valence-corrected chi connectivity index (χ3v) is 3.77. The summed E-state index contributed by atoms with van der Waals surface area (Å²) < 4.78 is 0. The minimum atomic E-state index is 0.269. The average molecular weight is 244 g/mol. The van der Waals surface area contributed by atoms with Gasteiger partial charge < -0.3 is 15.3 Å². The molecule has 0 aromatic carbocycles. The minimum Gasteiger partial charge on any atom is -0.395 e. The summed E-state index contributed by atoms with van der Waals surface area (Å²) in [5.41, 5.74) is 0.361. The van der Waals surface area contributed by atoms with Gasteiger partial charge in [-0.2, -0.15) is 0 Å². The predicted molar refractivity (Wildman–Crippen MR) is 75.4 cm³/mol. The predicted octanol–water partition coefficient (Wildman–Crippen LogP) is 2.11. The highest BCUT2D eigenvalue weighted by Crippen LogP contribution is 2.26. The molecule has 0 saturated carbocycles. The number of hydrogen-bond donors (Lipinski definition) is 2. The maximum Gasteiger partial charge on any atom is 0.0558 e. The van der Waals surface area contributed by atoms with Crippen LogP contribution in [0.2, 0.25) is 0 Å². The standard InChI is InChI=1S/C14H32N2O/c1-5-9-16(10-11-17)13-14(6-2,7-3)12-15-8-4/h15,17H,5-13H2,1-4H3. The van der Waals surface area contributed by atoms with Gasteiger partial charge in [0.15, 0.2) is 0 Å². The van der Waals surface area contributed by atoms with E-state index in [4.69, 9.17) is 5.11 Å². The Morgan fingerprint density at radius 1 is 1.06 bits per heavy atom. The van der Waals surface area contributed by atoms with Crippen molar-refractivity contribution in [1.29, 1.82) is 0 Å². The molecule has 3 heteroatoms. The molecule has 0 aromatic rings. The molecule has 0 aromatic heterocycles. The molecule has 0 radical (unpaired) electrons. The summed E-state index contributed by atoms with van der Waals surface area (Å²) in [6.07, 6.45) is 3.55. The third kappa shape index (κ3) is 6.39. The second-order valence-corrected chi connectivity index (χ2v) is 4.99. The molecule has 0 fully saturated rings. The van der Waals surface area contributed by atoms with Gasteiger partial charge in [-0.25, -0.2) is 0 Å². The number of aliphatic hydroxyl groups is 1. The summed E-state index contributed by atoms with van der Waals surface area (Å²) >= 11 is 0. The van der Waals surface area contributed by atoms with Crippen molar-refractivity contribution >= 4 is 0 Å². The highest BCUT2D eigenvalue weighted by Gasteiger charge is 2.27. The lowest BCUT2D eigenvalue weighted by atomic mass is 9.81. The summed E-state index contributed by atoms with van der Waals surface area (Å²) in [5, 5.41) is 12.6. The lowest BCUT2D eigenvalue weighted by molar-refractivity contribution is 0.114. The number of nitrogens with one attached hydrogen (secondary N) is 1. The molecule has 0 spiro atoms. The monoisotopic (exact) mass is 244 g/mol. The maximum absolute atomic E-state index is 9.12. The van der Waals surface area contributed by atoms with Gasteiger partial charge in [-0.3, -0.25) is 0 Å². The molecule has 2 N–H and O–H groups in total. The second kappa shape index (κ2) is 9.86. The molecule has 0 aliphatic rings. The number of aliphatic hydroxyl groups excluding tert-OH is 1. The van der Waals surface area contributed by atoms with Gasteiger partial charge in [-0.1, -0.05) is 27.7 Å². The van der Waals surface area contributed by atoms with E-state index in [9.17, 15) is 0 Å². The normalized spacial score (nSPS) is 12.4. The van der Waals surface area contributed by atoms with Crippen LogP contribution < -0.4 is 5.32 Å². The van der Waals surface area contributed by atoms with Crippen LogP contribution in [0.25, 0.3) is 0 Å². The summed E-state index contributed by atoms with van der Waals surface area (Å²) in [7, 11) is 0. The number of hydrogen-bond acceptors (Lipinski definition) is 3. The van der Waals surface area contributed by atoms with Crippen molar-refractivity contribution in [2.45, 2.75) is 47.0 Å². The highest BCUT2D eigenvalue weighted by atomic mass is 16.3. The molecule has 0 amide bonds. The summed E-state index contributed by atoms with van der Waals surface area (Å²) in [5.74, 6) is 0. The SMILES string of the molecule is CCCN(CCO)CC(CC)(CC)CNCC. The van der Waals surface area contributed by atoms with Crippen molar-refractivity contribution < 1.29 is 5.11 Å². The quantitative estimate of drug-likeness (QED) is 0.584. The summed E-state index contributed by atoms with van der Waals surface area (Å²) in [6.45, 7) is 14.3. The van der Waals surface area contributed by atoms with Gasteiger partial charge in [0.1, 0.15) is 0 Å². The van der Waals surface area contributed by atoms with Crippen molar-refractivity contribution in [3.8, 4) is 0 Å². The molecule has 104 valence electrons. The first-order chi connectivity index (χ1) is 8.17. The zero-order valence-corrected chi connectivity index (χ0v) is 12.3. The van der Waals surface area contributed by atoms with Crippen LogP contribution in [-0.4, -0.2) is 49.3 Å². The van der Waals surface area contributed by atoms with E-state index in [0.29, 0.717) is 5.41 Å². The van der Waals surface area contributed by atoms with E-state index in [0.717, 1.165) is 39.1 Å². The molecule has 0 saturated heterocycles. The van der Waals surface area contributed by atoms with Gasteiger partial charge in [0.05, 0.1) is 6.61 Å². The smallest absolute Gasteiger partial charge is 0.0558 e. The summed E-state index contributed by atoms with van der Waals surface area (Å²) in [4.78, 5) is 2.41. The lowest BCUT2D eigenvalue weighted by Crippen LogP contribution is -2.44. The Hall–Kier alpha value is -0.120. The molecular formula is C14H32N2O. The van der Waals surface area contributed by atoms with Crippen LogP contribution in [0.4, 0.5) is 0 Å². The van der Waals surface area contributed by atoms with Gasteiger partial charge in [0, 0.05) is 19.6 Å². The highest BCUT2D eigenvalue weighted by molar-refractivity contribution is 4.82. The van der Waals surface area contributed by atoms with Crippen LogP contribution in [0.3, 0.4) is 0 Å². The Balaban J connectivity index is 4.44. The van der Waals surface area contributed by atoms with Crippen molar-refractivity contribution in [3.05, 3.63) is 0 Å². The fraction of sp³-hybridized carbons (Fsp3) is 1.00. The first kappa shape index (κ1) is 16.9. The minimum absolute atomic E-state index is 0.269. The van der Waals surface area contributed by atoms with Crippen molar-refractivity contribution in [3.63, 3.8) is 0 Å². The first-order valence-electron chi connectivity index (χ1n) is 7.21. The molecule has 0 heterocycles. The van der Waals surface area contributed by atoms with Crippen LogP contribution in [0.15, 0.2) is 0 Å². The van der Waals surface area contributed by atoms with E-state index < -0.39 is 0 Å². The maximum atomic E-state index is 9.12. The van der Waals surface area contributed by atoms with Crippen LogP contribution in [0.1, 0.15) is 47.0 Å². The van der Waals surface area contributed by atoms with Gasteiger partial charge in [-0.15, -0.1) is 0 Å². The van der Waals surface area contributed by atoms with E-state index in [1.165, 1.54) is 12.8 Å². The zero-order valence-electron chi connectivity index (χ0n) is 12.3. The lowest BCUT2D eigenvalue weighted by Gasteiger charge is -2.37. The molecule has 0 atom stereocenters. The van der Waals surface area contributed by atoms with Gasteiger partial charge in [-0.05, 0) is 37.8 Å². The third-order valence-electron chi connectivity index (χ3n) is 3.77. The van der Waals surface area contributed by atoms with Gasteiger partial charge in [0.2, 0.25) is 0 Å². The summed E-state index contributed by atoms with van der Waals surface area (Å²) in [6, 6.07) is 0. The second-order valence-electron chi connectivity index (χ2n) is 4.99. The Labute approximate surface area is 108 Å². The Kier molecular flexibility index (Phi) is 9.79.